The molecule has 0 spiro atoms. The molecule has 2 heterocycles. The Morgan fingerprint density at radius 3 is 2.13 bits per heavy atom. The first kappa shape index (κ1) is 22.2. The van der Waals surface area contributed by atoms with Gasteiger partial charge in [0.25, 0.3) is 0 Å². The monoisotopic (exact) mass is 442 g/mol. The number of benzene rings is 1. The van der Waals surface area contributed by atoms with Crippen molar-refractivity contribution in [2.45, 2.75) is 25.7 Å². The molecule has 1 aromatic carbocycles. The molecule has 0 saturated carbocycles. The van der Waals surface area contributed by atoms with Gasteiger partial charge in [0.05, 0.1) is 6.61 Å². The summed E-state index contributed by atoms with van der Waals surface area (Å²) < 4.78 is 5.18. The van der Waals surface area contributed by atoms with Crippen LogP contribution in [0.15, 0.2) is 57.9 Å². The van der Waals surface area contributed by atoms with Gasteiger partial charge in [0.2, 0.25) is 11.8 Å². The molecule has 3 aromatic rings. The fraction of sp³-hybridized carbons (Fsp3) is 0.304. The van der Waals surface area contributed by atoms with Crippen molar-refractivity contribution in [3.05, 3.63) is 69.0 Å². The number of nitrogens with zero attached hydrogens (tertiary/aromatic N) is 1. The number of rotatable bonds is 11. The molecule has 2 aromatic heterocycles. The molecule has 1 N–H and O–H groups in total. The molecule has 0 aliphatic carbocycles. The van der Waals surface area contributed by atoms with Crippen LogP contribution in [0, 0.1) is 0 Å². The van der Waals surface area contributed by atoms with Gasteiger partial charge in [-0.15, -0.1) is 0 Å². The van der Waals surface area contributed by atoms with E-state index in [0.717, 1.165) is 24.2 Å². The summed E-state index contributed by atoms with van der Waals surface area (Å²) in [5, 5.41) is 11.1. The zero-order chi connectivity index (χ0) is 21.2. The Morgan fingerprint density at radius 1 is 0.933 bits per heavy atom. The molecule has 2 amide bonds. The quantitative estimate of drug-likeness (QED) is 0.455. The van der Waals surface area contributed by atoms with Gasteiger partial charge in [-0.05, 0) is 81.9 Å². The maximum absolute atomic E-state index is 12.8. The summed E-state index contributed by atoms with van der Waals surface area (Å²) in [5.41, 5.74) is 3.89. The van der Waals surface area contributed by atoms with Crippen LogP contribution in [0.25, 0.3) is 0 Å². The van der Waals surface area contributed by atoms with Gasteiger partial charge < -0.3 is 15.0 Å². The Labute approximate surface area is 185 Å². The highest BCUT2D eigenvalue weighted by Crippen LogP contribution is 2.20. The van der Waals surface area contributed by atoms with Gasteiger partial charge in [-0.1, -0.05) is 0 Å². The first-order chi connectivity index (χ1) is 14.7. The third-order valence-electron chi connectivity index (χ3n) is 4.71. The smallest absolute Gasteiger partial charge is 0.227 e. The zero-order valence-corrected chi connectivity index (χ0v) is 18.6. The van der Waals surface area contributed by atoms with Crippen LogP contribution in [-0.4, -0.2) is 32.1 Å². The van der Waals surface area contributed by atoms with Crippen molar-refractivity contribution < 1.29 is 14.3 Å². The molecule has 0 radical (unpaired) electrons. The molecule has 0 atom stereocenters. The van der Waals surface area contributed by atoms with Gasteiger partial charge in [-0.25, -0.2) is 0 Å². The van der Waals surface area contributed by atoms with Crippen LogP contribution in [0.3, 0.4) is 0 Å². The number of nitrogens with one attached hydrogen (secondary N) is 1. The molecule has 30 heavy (non-hydrogen) atoms. The highest BCUT2D eigenvalue weighted by atomic mass is 32.1. The molecule has 3 rings (SSSR count). The number of aryl methyl sites for hydroxylation is 2. The molecule has 0 fully saturated rings. The van der Waals surface area contributed by atoms with Crippen molar-refractivity contribution in [1.29, 1.82) is 0 Å². The average molecular weight is 443 g/mol. The topological polar surface area (TPSA) is 58.6 Å². The molecule has 0 aliphatic rings. The first-order valence-electron chi connectivity index (χ1n) is 9.87. The summed E-state index contributed by atoms with van der Waals surface area (Å²) in [6.07, 6.45) is 2.35. The van der Waals surface area contributed by atoms with E-state index in [0.29, 0.717) is 26.0 Å². The molecule has 0 aliphatic heterocycles. The minimum absolute atomic E-state index is 0.0166. The van der Waals surface area contributed by atoms with Crippen LogP contribution in [0.5, 0.6) is 0 Å². The number of carbonyl (C=O) groups is 2. The number of ether oxygens (including phenoxy) is 1. The van der Waals surface area contributed by atoms with E-state index >= 15 is 0 Å². The van der Waals surface area contributed by atoms with Crippen LogP contribution >= 0.6 is 22.7 Å². The molecule has 5 nitrogen and oxygen atoms in total. The Hall–Kier alpha value is -2.48. The molecule has 0 unspecified atom stereocenters. The van der Waals surface area contributed by atoms with Gasteiger partial charge in [0.1, 0.15) is 0 Å². The normalized spacial score (nSPS) is 10.7. The lowest BCUT2D eigenvalue weighted by Crippen LogP contribution is -2.34. The van der Waals surface area contributed by atoms with E-state index in [-0.39, 0.29) is 11.8 Å². The molecule has 0 saturated heterocycles. The summed E-state index contributed by atoms with van der Waals surface area (Å²) in [4.78, 5) is 26.7. The Kier molecular flexibility index (Phi) is 8.62. The molecule has 0 bridgehead atoms. The van der Waals surface area contributed by atoms with Crippen molar-refractivity contribution in [3.63, 3.8) is 0 Å². The third-order valence-corrected chi connectivity index (χ3v) is 6.18. The van der Waals surface area contributed by atoms with Crippen molar-refractivity contribution in [2.24, 2.45) is 0 Å². The Morgan fingerprint density at radius 2 is 1.57 bits per heavy atom. The predicted octanol–water partition coefficient (Wildman–Crippen LogP) is 4.99. The van der Waals surface area contributed by atoms with Gasteiger partial charge in [-0.3, -0.25) is 9.59 Å². The minimum Gasteiger partial charge on any atom is -0.383 e. The second kappa shape index (κ2) is 11.6. The van der Waals surface area contributed by atoms with Crippen LogP contribution in [0.4, 0.5) is 11.4 Å². The molecular weight excluding hydrogens is 416 g/mol. The van der Waals surface area contributed by atoms with Crippen LogP contribution in [0.2, 0.25) is 0 Å². The fourth-order valence-electron chi connectivity index (χ4n) is 3.04. The van der Waals surface area contributed by atoms with Crippen LogP contribution < -0.4 is 10.2 Å². The number of thiophene rings is 2. The van der Waals surface area contributed by atoms with E-state index in [9.17, 15) is 9.59 Å². The number of amides is 2. The summed E-state index contributed by atoms with van der Waals surface area (Å²) >= 11 is 3.28. The van der Waals surface area contributed by atoms with E-state index in [1.807, 2.05) is 47.2 Å². The van der Waals surface area contributed by atoms with Gasteiger partial charge in [-0.2, -0.15) is 22.7 Å². The largest absolute Gasteiger partial charge is 0.383 e. The van der Waals surface area contributed by atoms with E-state index in [4.69, 9.17) is 4.74 Å². The Balaban J connectivity index is 1.56. The fourth-order valence-corrected chi connectivity index (χ4v) is 4.45. The maximum Gasteiger partial charge on any atom is 0.227 e. The zero-order valence-electron chi connectivity index (χ0n) is 17.0. The molecular formula is C23H26N2O3S2. The SMILES string of the molecule is COCCN(C(=O)CCc1ccsc1)c1ccc(NC(=O)CCc2ccsc2)cc1. The number of carbonyl (C=O) groups excluding carboxylic acids is 2. The molecule has 7 heteroatoms. The lowest BCUT2D eigenvalue weighted by atomic mass is 10.1. The summed E-state index contributed by atoms with van der Waals surface area (Å²) in [6, 6.07) is 11.5. The second-order valence-electron chi connectivity index (χ2n) is 6.90. The Bertz CT molecular complexity index is 907. The average Bonchev–Trinajstić information content (AvgIpc) is 3.46. The lowest BCUT2D eigenvalue weighted by molar-refractivity contribution is -0.119. The summed E-state index contributed by atoms with van der Waals surface area (Å²) in [6.45, 7) is 0.955. The number of hydrogen-bond acceptors (Lipinski definition) is 5. The lowest BCUT2D eigenvalue weighted by Gasteiger charge is -2.23. The highest BCUT2D eigenvalue weighted by molar-refractivity contribution is 7.08. The summed E-state index contributed by atoms with van der Waals surface area (Å²) in [7, 11) is 1.63. The predicted molar refractivity (Wildman–Crippen MR) is 125 cm³/mol. The van der Waals surface area contributed by atoms with Crippen molar-refractivity contribution in [1.82, 2.24) is 0 Å². The maximum atomic E-state index is 12.8. The molecule has 158 valence electrons. The second-order valence-corrected chi connectivity index (χ2v) is 8.46. The first-order valence-corrected chi connectivity index (χ1v) is 11.8. The van der Waals surface area contributed by atoms with E-state index in [1.165, 1.54) is 11.1 Å². The highest BCUT2D eigenvalue weighted by Gasteiger charge is 2.16. The van der Waals surface area contributed by atoms with E-state index < -0.39 is 0 Å². The van der Waals surface area contributed by atoms with Crippen molar-refractivity contribution in [3.8, 4) is 0 Å². The van der Waals surface area contributed by atoms with Gasteiger partial charge >= 0.3 is 0 Å². The number of methoxy groups -OCH3 is 1. The standard InChI is InChI=1S/C23H26N2O3S2/c1-28-13-12-25(23(27)9-3-19-11-15-30-17-19)21-6-4-20(5-7-21)24-22(26)8-2-18-10-14-29-16-18/h4-7,10-11,14-17H,2-3,8-9,12-13H2,1H3,(H,24,26). The van der Waals surface area contributed by atoms with Gasteiger partial charge in [0.15, 0.2) is 0 Å². The van der Waals surface area contributed by atoms with E-state index in [2.05, 4.69) is 16.1 Å². The van der Waals surface area contributed by atoms with Gasteiger partial charge in [0, 0.05) is 37.9 Å². The van der Waals surface area contributed by atoms with E-state index in [1.54, 1.807) is 34.7 Å². The van der Waals surface area contributed by atoms with Crippen molar-refractivity contribution in [2.75, 3.05) is 30.5 Å². The third kappa shape index (κ3) is 6.79. The van der Waals surface area contributed by atoms with Crippen LogP contribution in [-0.2, 0) is 27.2 Å². The number of hydrogen-bond donors (Lipinski definition) is 1. The summed E-state index contributed by atoms with van der Waals surface area (Å²) in [5.74, 6) is 0.0443. The van der Waals surface area contributed by atoms with Crippen LogP contribution in [0.1, 0.15) is 24.0 Å². The number of anilines is 2. The van der Waals surface area contributed by atoms with Crippen molar-refractivity contribution >= 4 is 45.9 Å². The minimum atomic E-state index is -0.0166.